The highest BCUT2D eigenvalue weighted by Gasteiger charge is 2.09. The number of pyridine rings is 1. The molecule has 0 aromatic carbocycles. The van der Waals surface area contributed by atoms with Crippen LogP contribution in [-0.2, 0) is 6.42 Å². The standard InChI is InChI=1S/C16H29N3/c1-6-15(17)10-14-9-13(4)16(18-11-14)19(5)8-7-12(2)3/h9,11-12,15H,6-8,10,17H2,1-5H3. The van der Waals surface area contributed by atoms with Crippen LogP contribution in [0.2, 0.25) is 0 Å². The van der Waals surface area contributed by atoms with E-state index in [1.165, 1.54) is 17.5 Å². The van der Waals surface area contributed by atoms with Crippen LogP contribution in [0.4, 0.5) is 5.82 Å². The van der Waals surface area contributed by atoms with Crippen molar-refractivity contribution in [2.24, 2.45) is 11.7 Å². The Morgan fingerprint density at radius 2 is 2.05 bits per heavy atom. The summed E-state index contributed by atoms with van der Waals surface area (Å²) in [7, 11) is 2.12. The van der Waals surface area contributed by atoms with E-state index in [4.69, 9.17) is 5.73 Å². The first-order chi connectivity index (χ1) is 8.93. The second-order valence-corrected chi connectivity index (χ2v) is 5.96. The smallest absolute Gasteiger partial charge is 0.131 e. The summed E-state index contributed by atoms with van der Waals surface area (Å²) in [6, 6.07) is 2.47. The average molecular weight is 263 g/mol. The molecule has 0 saturated carbocycles. The average Bonchev–Trinajstić information content (AvgIpc) is 2.35. The van der Waals surface area contributed by atoms with Gasteiger partial charge in [-0.25, -0.2) is 4.98 Å². The van der Waals surface area contributed by atoms with Crippen LogP contribution in [0.1, 0.15) is 44.7 Å². The molecule has 19 heavy (non-hydrogen) atoms. The summed E-state index contributed by atoms with van der Waals surface area (Å²) in [5.41, 5.74) is 8.48. The first kappa shape index (κ1) is 16.0. The molecule has 3 heteroatoms. The van der Waals surface area contributed by atoms with Gasteiger partial charge >= 0.3 is 0 Å². The second-order valence-electron chi connectivity index (χ2n) is 5.96. The first-order valence-electron chi connectivity index (χ1n) is 7.36. The van der Waals surface area contributed by atoms with Crippen molar-refractivity contribution >= 4 is 5.82 Å². The first-order valence-corrected chi connectivity index (χ1v) is 7.36. The highest BCUT2D eigenvalue weighted by Crippen LogP contribution is 2.18. The quantitative estimate of drug-likeness (QED) is 0.821. The summed E-state index contributed by atoms with van der Waals surface area (Å²) in [5.74, 6) is 1.82. The third-order valence-electron chi connectivity index (χ3n) is 3.53. The topological polar surface area (TPSA) is 42.1 Å². The summed E-state index contributed by atoms with van der Waals surface area (Å²) >= 11 is 0. The molecule has 1 heterocycles. The molecule has 0 fully saturated rings. The minimum absolute atomic E-state index is 0.241. The summed E-state index contributed by atoms with van der Waals surface area (Å²) < 4.78 is 0. The molecule has 1 aromatic heterocycles. The number of hydrogen-bond acceptors (Lipinski definition) is 3. The largest absolute Gasteiger partial charge is 0.359 e. The number of nitrogens with zero attached hydrogens (tertiary/aromatic N) is 2. The SMILES string of the molecule is CCC(N)Cc1cnc(N(C)CCC(C)C)c(C)c1. The molecule has 2 N–H and O–H groups in total. The molecule has 1 atom stereocenters. The van der Waals surface area contributed by atoms with Gasteiger partial charge in [-0.15, -0.1) is 0 Å². The Bertz CT molecular complexity index is 388. The lowest BCUT2D eigenvalue weighted by atomic mass is 10.0. The molecule has 0 aliphatic rings. The van der Waals surface area contributed by atoms with Gasteiger partial charge in [-0.05, 0) is 43.2 Å². The maximum absolute atomic E-state index is 6.00. The van der Waals surface area contributed by atoms with Crippen molar-refractivity contribution in [1.82, 2.24) is 4.98 Å². The van der Waals surface area contributed by atoms with Crippen LogP contribution in [0, 0.1) is 12.8 Å². The van der Waals surface area contributed by atoms with Crippen molar-refractivity contribution in [2.45, 2.75) is 53.0 Å². The Balaban J connectivity index is 2.71. The molecule has 0 aliphatic heterocycles. The Labute approximate surface area is 118 Å². The molecule has 0 amide bonds. The zero-order valence-electron chi connectivity index (χ0n) is 13.1. The van der Waals surface area contributed by atoms with Crippen molar-refractivity contribution in [3.05, 3.63) is 23.4 Å². The van der Waals surface area contributed by atoms with E-state index in [-0.39, 0.29) is 6.04 Å². The maximum atomic E-state index is 6.00. The molecule has 1 rings (SSSR count). The minimum Gasteiger partial charge on any atom is -0.359 e. The van der Waals surface area contributed by atoms with Gasteiger partial charge in [-0.3, -0.25) is 0 Å². The van der Waals surface area contributed by atoms with Crippen LogP contribution in [0.25, 0.3) is 0 Å². The zero-order chi connectivity index (χ0) is 14.4. The Morgan fingerprint density at radius 3 is 2.58 bits per heavy atom. The van der Waals surface area contributed by atoms with Crippen molar-refractivity contribution in [3.63, 3.8) is 0 Å². The number of aromatic nitrogens is 1. The van der Waals surface area contributed by atoms with Crippen LogP contribution in [0.3, 0.4) is 0 Å². The van der Waals surface area contributed by atoms with Gasteiger partial charge < -0.3 is 10.6 Å². The summed E-state index contributed by atoms with van der Waals surface area (Å²) in [6.45, 7) is 9.82. The number of rotatable bonds is 7. The normalized spacial score (nSPS) is 12.8. The predicted octanol–water partition coefficient (Wildman–Crippen LogP) is 3.15. The van der Waals surface area contributed by atoms with E-state index >= 15 is 0 Å². The van der Waals surface area contributed by atoms with Crippen molar-refractivity contribution in [1.29, 1.82) is 0 Å². The van der Waals surface area contributed by atoms with Crippen LogP contribution in [0.15, 0.2) is 12.3 Å². The predicted molar refractivity (Wildman–Crippen MR) is 83.7 cm³/mol. The number of nitrogens with two attached hydrogens (primary N) is 1. The van der Waals surface area contributed by atoms with Gasteiger partial charge in [-0.2, -0.15) is 0 Å². The van der Waals surface area contributed by atoms with Crippen molar-refractivity contribution < 1.29 is 0 Å². The number of hydrogen-bond donors (Lipinski definition) is 1. The zero-order valence-corrected chi connectivity index (χ0v) is 13.1. The van der Waals surface area contributed by atoms with Crippen LogP contribution in [-0.4, -0.2) is 24.6 Å². The van der Waals surface area contributed by atoms with Gasteiger partial charge in [0.15, 0.2) is 0 Å². The summed E-state index contributed by atoms with van der Waals surface area (Å²) in [5, 5.41) is 0. The van der Waals surface area contributed by atoms with E-state index in [2.05, 4.69) is 50.7 Å². The molecule has 0 spiro atoms. The van der Waals surface area contributed by atoms with Gasteiger partial charge in [0.2, 0.25) is 0 Å². The summed E-state index contributed by atoms with van der Waals surface area (Å²) in [6.07, 6.45) is 5.10. The number of aryl methyl sites for hydroxylation is 1. The summed E-state index contributed by atoms with van der Waals surface area (Å²) in [4.78, 5) is 6.86. The fourth-order valence-electron chi connectivity index (χ4n) is 2.14. The van der Waals surface area contributed by atoms with Crippen molar-refractivity contribution in [2.75, 3.05) is 18.5 Å². The highest BCUT2D eigenvalue weighted by molar-refractivity contribution is 5.46. The molecule has 3 nitrogen and oxygen atoms in total. The van der Waals surface area contributed by atoms with E-state index in [0.717, 1.165) is 31.1 Å². The van der Waals surface area contributed by atoms with E-state index in [1.807, 2.05) is 6.20 Å². The van der Waals surface area contributed by atoms with Crippen LogP contribution >= 0.6 is 0 Å². The van der Waals surface area contributed by atoms with Gasteiger partial charge in [-0.1, -0.05) is 26.8 Å². The van der Waals surface area contributed by atoms with Gasteiger partial charge in [0.1, 0.15) is 5.82 Å². The molecule has 1 unspecified atom stereocenters. The third-order valence-corrected chi connectivity index (χ3v) is 3.53. The van der Waals surface area contributed by atoms with E-state index in [9.17, 15) is 0 Å². The lowest BCUT2D eigenvalue weighted by Gasteiger charge is -2.21. The lowest BCUT2D eigenvalue weighted by molar-refractivity contribution is 0.583. The molecule has 1 aromatic rings. The van der Waals surface area contributed by atoms with Gasteiger partial charge in [0, 0.05) is 25.8 Å². The Morgan fingerprint density at radius 1 is 1.37 bits per heavy atom. The lowest BCUT2D eigenvalue weighted by Crippen LogP contribution is -2.23. The molecule has 0 bridgehead atoms. The third kappa shape index (κ3) is 5.19. The minimum atomic E-state index is 0.241. The molecule has 0 saturated heterocycles. The second kappa shape index (κ2) is 7.49. The highest BCUT2D eigenvalue weighted by atomic mass is 15.2. The van der Waals surface area contributed by atoms with E-state index < -0.39 is 0 Å². The van der Waals surface area contributed by atoms with Gasteiger partial charge in [0.05, 0.1) is 0 Å². The number of anilines is 1. The van der Waals surface area contributed by atoms with Crippen LogP contribution < -0.4 is 10.6 Å². The Kier molecular flexibility index (Phi) is 6.29. The van der Waals surface area contributed by atoms with E-state index in [0.29, 0.717) is 0 Å². The van der Waals surface area contributed by atoms with Gasteiger partial charge in [0.25, 0.3) is 0 Å². The monoisotopic (exact) mass is 263 g/mol. The Hall–Kier alpha value is -1.09. The molecular weight excluding hydrogens is 234 g/mol. The fraction of sp³-hybridized carbons (Fsp3) is 0.688. The molecule has 0 aliphatic carbocycles. The maximum Gasteiger partial charge on any atom is 0.131 e. The molecular formula is C16H29N3. The molecule has 0 radical (unpaired) electrons. The molecule has 108 valence electrons. The fourth-order valence-corrected chi connectivity index (χ4v) is 2.14. The van der Waals surface area contributed by atoms with Crippen molar-refractivity contribution in [3.8, 4) is 0 Å². The van der Waals surface area contributed by atoms with E-state index in [1.54, 1.807) is 0 Å². The van der Waals surface area contributed by atoms with Crippen LogP contribution in [0.5, 0.6) is 0 Å².